The van der Waals surface area contributed by atoms with E-state index in [1.807, 2.05) is 13.8 Å². The van der Waals surface area contributed by atoms with Crippen LogP contribution in [0.1, 0.15) is 66.7 Å². The van der Waals surface area contributed by atoms with Crippen LogP contribution in [0.2, 0.25) is 0 Å². The average Bonchev–Trinajstić information content (AvgIpc) is 2.36. The van der Waals surface area contributed by atoms with Gasteiger partial charge in [0.15, 0.2) is 5.60 Å². The lowest BCUT2D eigenvalue weighted by Gasteiger charge is -2.51. The summed E-state index contributed by atoms with van der Waals surface area (Å²) >= 11 is 0. The molecule has 1 saturated heterocycles. The second kappa shape index (κ2) is 6.31. The van der Waals surface area contributed by atoms with Crippen LogP contribution in [0.15, 0.2) is 0 Å². The fourth-order valence-corrected chi connectivity index (χ4v) is 4.15. The first-order chi connectivity index (χ1) is 10.2. The van der Waals surface area contributed by atoms with E-state index in [1.165, 1.54) is 6.42 Å². The van der Waals surface area contributed by atoms with Gasteiger partial charge in [0.25, 0.3) is 0 Å². The Kier molecular flexibility index (Phi) is 5.00. The number of esters is 1. The summed E-state index contributed by atoms with van der Waals surface area (Å²) in [6.07, 6.45) is 4.56. The molecule has 0 radical (unpaired) electrons. The van der Waals surface area contributed by atoms with Gasteiger partial charge in [0.2, 0.25) is 0 Å². The van der Waals surface area contributed by atoms with Crippen LogP contribution >= 0.6 is 0 Å². The van der Waals surface area contributed by atoms with Gasteiger partial charge in [-0.3, -0.25) is 0 Å². The van der Waals surface area contributed by atoms with E-state index in [2.05, 4.69) is 20.8 Å². The van der Waals surface area contributed by atoms with Crippen molar-refractivity contribution in [3.8, 4) is 0 Å². The molecule has 2 aliphatic rings. The third-order valence-electron chi connectivity index (χ3n) is 5.19. The van der Waals surface area contributed by atoms with Gasteiger partial charge in [0.05, 0.1) is 5.60 Å². The maximum absolute atomic E-state index is 12.7. The minimum absolute atomic E-state index is 0.0490. The van der Waals surface area contributed by atoms with Crippen molar-refractivity contribution >= 4 is 12.3 Å². The fourth-order valence-electron chi connectivity index (χ4n) is 4.15. The summed E-state index contributed by atoms with van der Waals surface area (Å²) in [6, 6.07) is 0. The van der Waals surface area contributed by atoms with Crippen LogP contribution in [0.25, 0.3) is 0 Å². The molecule has 0 aromatic carbocycles. The molecule has 1 aliphatic heterocycles. The molecule has 2 fully saturated rings. The maximum atomic E-state index is 12.7. The van der Waals surface area contributed by atoms with Crippen LogP contribution in [-0.2, 0) is 19.1 Å². The van der Waals surface area contributed by atoms with Crippen molar-refractivity contribution in [2.75, 3.05) is 0 Å². The van der Waals surface area contributed by atoms with Gasteiger partial charge in [-0.15, -0.1) is 0 Å². The Morgan fingerprint density at radius 1 is 1.36 bits per heavy atom. The van der Waals surface area contributed by atoms with E-state index in [4.69, 9.17) is 9.47 Å². The normalized spacial score (nSPS) is 37.5. The fraction of sp³-hybridized carbons (Fsp3) is 0.889. The minimum Gasteiger partial charge on any atom is -0.460 e. The van der Waals surface area contributed by atoms with E-state index in [1.54, 1.807) is 0 Å². The van der Waals surface area contributed by atoms with Crippen molar-refractivity contribution in [1.82, 2.24) is 0 Å². The van der Waals surface area contributed by atoms with Gasteiger partial charge < -0.3 is 14.3 Å². The lowest BCUT2D eigenvalue weighted by molar-refractivity contribution is -0.265. The van der Waals surface area contributed by atoms with Crippen molar-refractivity contribution in [3.05, 3.63) is 0 Å². The number of ether oxygens (including phenoxy) is 2. The number of rotatable bonds is 5. The lowest BCUT2D eigenvalue weighted by atomic mass is 9.75. The topological polar surface area (TPSA) is 52.6 Å². The molecule has 0 aromatic heterocycles. The smallest absolute Gasteiger partial charge is 0.339 e. The highest BCUT2D eigenvalue weighted by molar-refractivity contribution is 5.84. The van der Waals surface area contributed by atoms with Crippen molar-refractivity contribution in [2.45, 2.75) is 84.0 Å². The van der Waals surface area contributed by atoms with Gasteiger partial charge in [0.1, 0.15) is 12.4 Å². The summed E-state index contributed by atoms with van der Waals surface area (Å²) in [5, 5.41) is 0. The SMILES string of the molecule is CC1CC[C@H](C(C)C)C(OC(=O)C2(CC=O)CC(C)(C)O2)C1. The van der Waals surface area contributed by atoms with Crippen LogP contribution in [0, 0.1) is 17.8 Å². The first-order valence-corrected chi connectivity index (χ1v) is 8.54. The predicted molar refractivity (Wildman–Crippen MR) is 84.4 cm³/mol. The van der Waals surface area contributed by atoms with E-state index in [9.17, 15) is 9.59 Å². The highest BCUT2D eigenvalue weighted by atomic mass is 16.6. The van der Waals surface area contributed by atoms with Crippen LogP contribution in [0.4, 0.5) is 0 Å². The van der Waals surface area contributed by atoms with Crippen LogP contribution in [0.5, 0.6) is 0 Å². The predicted octanol–water partition coefficient (Wildman–Crippen LogP) is 3.52. The standard InChI is InChI=1S/C18H30O4/c1-12(2)14-7-6-13(3)10-15(14)21-16(20)18(8-9-19)11-17(4,5)22-18/h9,12-15H,6-8,10-11H2,1-5H3/t13?,14-,15?,18?/m1/s1. The molecule has 3 unspecified atom stereocenters. The first kappa shape index (κ1) is 17.5. The molecule has 0 spiro atoms. The van der Waals surface area contributed by atoms with Gasteiger partial charge >= 0.3 is 5.97 Å². The second-order valence-corrected chi connectivity index (χ2v) is 8.17. The van der Waals surface area contributed by atoms with Crippen molar-refractivity contribution < 1.29 is 19.1 Å². The molecule has 22 heavy (non-hydrogen) atoms. The molecule has 0 amide bonds. The molecule has 1 heterocycles. The molecule has 4 atom stereocenters. The van der Waals surface area contributed by atoms with E-state index in [0.717, 1.165) is 19.1 Å². The Balaban J connectivity index is 2.06. The van der Waals surface area contributed by atoms with Crippen LogP contribution in [0.3, 0.4) is 0 Å². The molecule has 1 saturated carbocycles. The van der Waals surface area contributed by atoms with Crippen LogP contribution in [-0.4, -0.2) is 29.6 Å². The zero-order valence-electron chi connectivity index (χ0n) is 14.6. The quantitative estimate of drug-likeness (QED) is 0.576. The van der Waals surface area contributed by atoms with Gasteiger partial charge in [-0.2, -0.15) is 0 Å². The molecule has 4 heteroatoms. The molecule has 2 rings (SSSR count). The Labute approximate surface area is 133 Å². The summed E-state index contributed by atoms with van der Waals surface area (Å²) in [6.45, 7) is 10.4. The molecule has 1 aliphatic carbocycles. The summed E-state index contributed by atoms with van der Waals surface area (Å²) in [4.78, 5) is 23.6. The largest absolute Gasteiger partial charge is 0.460 e. The summed E-state index contributed by atoms with van der Waals surface area (Å²) in [5.41, 5.74) is -1.40. The summed E-state index contributed by atoms with van der Waals surface area (Å²) in [5.74, 6) is 1.13. The molecular formula is C18H30O4. The Morgan fingerprint density at radius 2 is 2.00 bits per heavy atom. The highest BCUT2D eigenvalue weighted by Gasteiger charge is 2.57. The van der Waals surface area contributed by atoms with Gasteiger partial charge in [-0.25, -0.2) is 4.79 Å². The number of carbonyl (C=O) groups is 2. The number of hydrogen-bond donors (Lipinski definition) is 0. The molecule has 4 nitrogen and oxygen atoms in total. The van der Waals surface area contributed by atoms with E-state index >= 15 is 0 Å². The third kappa shape index (κ3) is 3.53. The van der Waals surface area contributed by atoms with Gasteiger partial charge in [-0.05, 0) is 44.4 Å². The van der Waals surface area contributed by atoms with E-state index in [-0.39, 0.29) is 24.1 Å². The highest BCUT2D eigenvalue weighted by Crippen LogP contribution is 2.45. The lowest BCUT2D eigenvalue weighted by Crippen LogP contribution is -2.62. The van der Waals surface area contributed by atoms with E-state index < -0.39 is 5.60 Å². The molecule has 0 aromatic rings. The molecule has 126 valence electrons. The van der Waals surface area contributed by atoms with Crippen molar-refractivity contribution in [1.29, 1.82) is 0 Å². The summed E-state index contributed by atoms with van der Waals surface area (Å²) < 4.78 is 11.6. The van der Waals surface area contributed by atoms with Crippen LogP contribution < -0.4 is 0 Å². The Morgan fingerprint density at radius 3 is 2.50 bits per heavy atom. The zero-order chi connectivity index (χ0) is 16.5. The zero-order valence-corrected chi connectivity index (χ0v) is 14.6. The Hall–Kier alpha value is -0.900. The first-order valence-electron chi connectivity index (χ1n) is 8.54. The summed E-state index contributed by atoms with van der Waals surface area (Å²) in [7, 11) is 0. The van der Waals surface area contributed by atoms with Gasteiger partial charge in [0, 0.05) is 12.8 Å². The number of aldehydes is 1. The maximum Gasteiger partial charge on any atom is 0.339 e. The molecular weight excluding hydrogens is 280 g/mol. The van der Waals surface area contributed by atoms with Gasteiger partial charge in [-0.1, -0.05) is 27.2 Å². The average molecular weight is 310 g/mol. The van der Waals surface area contributed by atoms with Crippen molar-refractivity contribution in [3.63, 3.8) is 0 Å². The minimum atomic E-state index is -1.05. The Bertz CT molecular complexity index is 419. The monoisotopic (exact) mass is 310 g/mol. The third-order valence-corrected chi connectivity index (χ3v) is 5.19. The second-order valence-electron chi connectivity index (χ2n) is 8.17. The number of carbonyl (C=O) groups excluding carboxylic acids is 2. The van der Waals surface area contributed by atoms with E-state index in [0.29, 0.717) is 24.2 Å². The molecule has 0 N–H and O–H groups in total. The number of hydrogen-bond acceptors (Lipinski definition) is 4. The van der Waals surface area contributed by atoms with Crippen molar-refractivity contribution in [2.24, 2.45) is 17.8 Å². The molecule has 0 bridgehead atoms.